The maximum Gasteiger partial charge on any atom is 0.349 e. The molecule has 0 N–H and O–H groups in total. The first-order valence-electron chi connectivity index (χ1n) is 8.98. The van der Waals surface area contributed by atoms with E-state index in [0.717, 1.165) is 0 Å². The Bertz CT molecular complexity index is 1270. The standard InChI is InChI=1S/C21H18FN3O3S.ClH/c1-24(2)10-11-25(21-23-18-15(22)7-5-9-17(18)29-21)19(26)14-12-13-6-3-4-8-16(13)28-20(14)27;/h3-9,12H,10-11H2,1-2H3;1H. The van der Waals surface area contributed by atoms with E-state index >= 15 is 0 Å². The Labute approximate surface area is 182 Å². The molecule has 0 spiro atoms. The van der Waals surface area contributed by atoms with Crippen molar-refractivity contribution in [1.29, 1.82) is 0 Å². The van der Waals surface area contributed by atoms with Crippen LogP contribution >= 0.6 is 23.7 Å². The van der Waals surface area contributed by atoms with Crippen LogP contribution in [0.3, 0.4) is 0 Å². The van der Waals surface area contributed by atoms with Gasteiger partial charge >= 0.3 is 5.63 Å². The number of benzene rings is 2. The van der Waals surface area contributed by atoms with Crippen LogP contribution in [0.1, 0.15) is 10.4 Å². The maximum atomic E-state index is 14.1. The second-order valence-electron chi connectivity index (χ2n) is 6.83. The van der Waals surface area contributed by atoms with Crippen molar-refractivity contribution < 1.29 is 13.6 Å². The molecule has 156 valence electrons. The highest BCUT2D eigenvalue weighted by Gasteiger charge is 2.25. The zero-order chi connectivity index (χ0) is 20.5. The average Bonchev–Trinajstić information content (AvgIpc) is 3.12. The van der Waals surface area contributed by atoms with Crippen molar-refractivity contribution in [3.05, 3.63) is 70.3 Å². The summed E-state index contributed by atoms with van der Waals surface area (Å²) in [4.78, 5) is 33.4. The SMILES string of the molecule is CN(C)CCN(C(=O)c1cc2ccccc2oc1=O)c1nc2c(F)cccc2s1.Cl. The summed E-state index contributed by atoms with van der Waals surface area (Å²) in [5, 5.41) is 0.989. The van der Waals surface area contributed by atoms with Crippen LogP contribution in [0.5, 0.6) is 0 Å². The van der Waals surface area contributed by atoms with Crippen molar-refractivity contribution in [1.82, 2.24) is 9.88 Å². The summed E-state index contributed by atoms with van der Waals surface area (Å²) in [6.45, 7) is 0.836. The number of nitrogens with zero attached hydrogens (tertiary/aromatic N) is 3. The number of likely N-dealkylation sites (N-methyl/N-ethyl adjacent to an activating group) is 1. The van der Waals surface area contributed by atoms with Gasteiger partial charge in [-0.05, 0) is 38.4 Å². The monoisotopic (exact) mass is 447 g/mol. The molecule has 1 amide bonds. The average molecular weight is 448 g/mol. The summed E-state index contributed by atoms with van der Waals surface area (Å²) in [5.41, 5.74) is -0.172. The van der Waals surface area contributed by atoms with Crippen LogP contribution < -0.4 is 10.5 Å². The molecule has 2 aromatic carbocycles. The Morgan fingerprint density at radius 3 is 2.63 bits per heavy atom. The minimum Gasteiger partial charge on any atom is -0.422 e. The molecule has 0 saturated carbocycles. The Hall–Kier alpha value is -2.81. The largest absolute Gasteiger partial charge is 0.422 e. The molecule has 0 radical (unpaired) electrons. The third kappa shape index (κ3) is 4.21. The molecule has 0 saturated heterocycles. The number of carbonyl (C=O) groups is 1. The van der Waals surface area contributed by atoms with Crippen molar-refractivity contribution in [3.8, 4) is 0 Å². The van der Waals surface area contributed by atoms with Crippen molar-refractivity contribution in [2.24, 2.45) is 0 Å². The molecule has 6 nitrogen and oxygen atoms in total. The quantitative estimate of drug-likeness (QED) is 0.429. The highest BCUT2D eigenvalue weighted by molar-refractivity contribution is 7.22. The summed E-state index contributed by atoms with van der Waals surface area (Å²) < 4.78 is 20.1. The predicted octanol–water partition coefficient (Wildman–Crippen LogP) is 4.17. The van der Waals surface area contributed by atoms with Crippen LogP contribution in [-0.2, 0) is 0 Å². The number of thiazole rings is 1. The van der Waals surface area contributed by atoms with E-state index in [2.05, 4.69) is 4.98 Å². The fourth-order valence-electron chi connectivity index (χ4n) is 2.96. The minimum absolute atomic E-state index is 0. The molecule has 9 heteroatoms. The number of hydrogen-bond donors (Lipinski definition) is 0. The minimum atomic E-state index is -0.712. The smallest absolute Gasteiger partial charge is 0.349 e. The van der Waals surface area contributed by atoms with E-state index in [1.807, 2.05) is 19.0 Å². The molecule has 2 aromatic heterocycles. The van der Waals surface area contributed by atoms with Crippen molar-refractivity contribution in [2.45, 2.75) is 0 Å². The molecular formula is C21H19ClFN3O3S. The Kier molecular flexibility index (Phi) is 6.50. The zero-order valence-electron chi connectivity index (χ0n) is 16.3. The van der Waals surface area contributed by atoms with Gasteiger partial charge in [-0.3, -0.25) is 9.69 Å². The van der Waals surface area contributed by atoms with Crippen LogP contribution in [0.25, 0.3) is 21.2 Å². The number of rotatable bonds is 5. The molecular weight excluding hydrogens is 429 g/mol. The molecule has 4 rings (SSSR count). The third-order valence-corrected chi connectivity index (χ3v) is 5.52. The number of fused-ring (bicyclic) bond motifs is 2. The lowest BCUT2D eigenvalue weighted by atomic mass is 10.1. The number of para-hydroxylation sites is 2. The third-order valence-electron chi connectivity index (χ3n) is 4.48. The van der Waals surface area contributed by atoms with Crippen LogP contribution in [0.4, 0.5) is 9.52 Å². The summed E-state index contributed by atoms with van der Waals surface area (Å²) in [6.07, 6.45) is 0. The number of anilines is 1. The fourth-order valence-corrected chi connectivity index (χ4v) is 3.96. The number of halogens is 2. The van der Waals surface area contributed by atoms with E-state index < -0.39 is 17.3 Å². The van der Waals surface area contributed by atoms with Gasteiger partial charge in [-0.15, -0.1) is 12.4 Å². The maximum absolute atomic E-state index is 14.1. The lowest BCUT2D eigenvalue weighted by molar-refractivity contribution is 0.0982. The molecule has 0 fully saturated rings. The number of carbonyl (C=O) groups excluding carboxylic acids is 1. The van der Waals surface area contributed by atoms with Crippen molar-refractivity contribution in [3.63, 3.8) is 0 Å². The molecule has 0 unspecified atom stereocenters. The lowest BCUT2D eigenvalue weighted by Crippen LogP contribution is -2.38. The highest BCUT2D eigenvalue weighted by Crippen LogP contribution is 2.31. The first-order chi connectivity index (χ1) is 13.9. The first-order valence-corrected chi connectivity index (χ1v) is 9.80. The molecule has 4 aromatic rings. The zero-order valence-corrected chi connectivity index (χ0v) is 17.9. The van der Waals surface area contributed by atoms with E-state index in [1.54, 1.807) is 36.4 Å². The number of amides is 1. The van der Waals surface area contributed by atoms with E-state index in [0.29, 0.717) is 33.9 Å². The van der Waals surface area contributed by atoms with Gasteiger partial charge in [-0.25, -0.2) is 14.2 Å². The second kappa shape index (κ2) is 8.91. The van der Waals surface area contributed by atoms with Crippen LogP contribution in [0.2, 0.25) is 0 Å². The van der Waals surface area contributed by atoms with Crippen LogP contribution in [0, 0.1) is 5.82 Å². The normalized spacial score (nSPS) is 11.1. The van der Waals surface area contributed by atoms with Gasteiger partial charge in [0, 0.05) is 18.5 Å². The van der Waals surface area contributed by atoms with Gasteiger partial charge in [0.15, 0.2) is 5.13 Å². The highest BCUT2D eigenvalue weighted by atomic mass is 35.5. The Morgan fingerprint density at radius 1 is 1.13 bits per heavy atom. The molecule has 0 aliphatic heterocycles. The van der Waals surface area contributed by atoms with Crippen LogP contribution in [-0.4, -0.2) is 43.0 Å². The van der Waals surface area contributed by atoms with Gasteiger partial charge in [0.25, 0.3) is 5.91 Å². The summed E-state index contributed by atoms with van der Waals surface area (Å²) in [6, 6.07) is 13.2. The molecule has 0 atom stereocenters. The van der Waals surface area contributed by atoms with Gasteiger partial charge in [0.1, 0.15) is 22.5 Å². The summed E-state index contributed by atoms with van der Waals surface area (Å²) in [7, 11) is 3.76. The van der Waals surface area contributed by atoms with Gasteiger partial charge < -0.3 is 9.32 Å². The number of aromatic nitrogens is 1. The number of hydrogen-bond acceptors (Lipinski definition) is 6. The van der Waals surface area contributed by atoms with Crippen molar-refractivity contribution >= 4 is 56.0 Å². The molecule has 2 heterocycles. The van der Waals surface area contributed by atoms with Gasteiger partial charge in [-0.2, -0.15) is 0 Å². The van der Waals surface area contributed by atoms with Gasteiger partial charge in [0.05, 0.1) is 4.70 Å². The van der Waals surface area contributed by atoms with E-state index in [9.17, 15) is 14.0 Å². The topological polar surface area (TPSA) is 66.7 Å². The Morgan fingerprint density at radius 2 is 1.90 bits per heavy atom. The predicted molar refractivity (Wildman–Crippen MR) is 120 cm³/mol. The fraction of sp³-hybridized carbons (Fsp3) is 0.190. The van der Waals surface area contributed by atoms with Crippen LogP contribution in [0.15, 0.2) is 57.7 Å². The molecule has 30 heavy (non-hydrogen) atoms. The summed E-state index contributed by atoms with van der Waals surface area (Å²) >= 11 is 1.21. The summed E-state index contributed by atoms with van der Waals surface area (Å²) in [5.74, 6) is -0.971. The van der Waals surface area contributed by atoms with E-state index in [-0.39, 0.29) is 23.5 Å². The molecule has 0 aliphatic carbocycles. The first kappa shape index (κ1) is 21.9. The van der Waals surface area contributed by atoms with Crippen molar-refractivity contribution in [2.75, 3.05) is 32.1 Å². The van der Waals surface area contributed by atoms with E-state index in [1.165, 1.54) is 28.4 Å². The second-order valence-corrected chi connectivity index (χ2v) is 7.84. The molecule has 0 aliphatic rings. The van der Waals surface area contributed by atoms with Gasteiger partial charge in [0.2, 0.25) is 0 Å². The van der Waals surface area contributed by atoms with E-state index in [4.69, 9.17) is 4.42 Å². The molecule has 0 bridgehead atoms. The lowest BCUT2D eigenvalue weighted by Gasteiger charge is -2.21. The Balaban J connectivity index is 0.00000256. The van der Waals surface area contributed by atoms with Gasteiger partial charge in [-0.1, -0.05) is 35.6 Å².